The van der Waals surface area contributed by atoms with Gasteiger partial charge in [0, 0.05) is 5.92 Å². The number of nitrogens with zero attached hydrogens (tertiary/aromatic N) is 3. The Morgan fingerprint density at radius 1 is 1.02 bits per heavy atom. The molecule has 3 heterocycles. The van der Waals surface area contributed by atoms with Gasteiger partial charge in [-0.2, -0.15) is 4.98 Å². The molecule has 3 aromatic carbocycles. The third-order valence-electron chi connectivity index (χ3n) is 8.78. The van der Waals surface area contributed by atoms with Crippen LogP contribution in [0.4, 0.5) is 5.95 Å². The average molecular weight is 694 g/mol. The van der Waals surface area contributed by atoms with Gasteiger partial charge in [-0.05, 0) is 41.0 Å². The van der Waals surface area contributed by atoms with Crippen LogP contribution in [0.3, 0.4) is 0 Å². The maximum Gasteiger partial charge on any atom is 0.280 e. The number of aliphatic hydroxyl groups is 1. The second-order valence-corrected chi connectivity index (χ2v) is 12.2. The first-order valence-electron chi connectivity index (χ1n) is 16.3. The number of nitrogens with one attached hydrogen (secondary N) is 2. The molecule has 0 spiro atoms. The van der Waals surface area contributed by atoms with E-state index in [0.29, 0.717) is 11.5 Å². The lowest BCUT2D eigenvalue weighted by Crippen LogP contribution is -2.40. The normalized spacial score (nSPS) is 18.8. The molecular formula is C38H39N5O8. The van der Waals surface area contributed by atoms with E-state index in [9.17, 15) is 14.7 Å². The van der Waals surface area contributed by atoms with Crippen molar-refractivity contribution in [3.8, 4) is 23.8 Å². The molecule has 1 aliphatic rings. The van der Waals surface area contributed by atoms with Crippen molar-refractivity contribution in [1.29, 1.82) is 0 Å². The molecular weight excluding hydrogens is 654 g/mol. The standard InChI is InChI=1S/C38H39N5O8/c1-6-20-49-32-31(44)29(51-36(32)43-22-39-30-33(43)40-37(42-35(30)46)41-34(45)23(2)3)21-50-38(24-10-8-7-9-11-24,25-12-16-27(47-4)17-13-25)26-14-18-28(48-5)19-15-26/h1,7-19,22-23,29,31-32,36,44H,20-21H2,2-5H3,(H2,40,41,42,45,46)/t29-,31-,32-,36-/m1/s1. The molecule has 51 heavy (non-hydrogen) atoms. The number of carbonyl (C=O) groups is 1. The average Bonchev–Trinajstić information content (AvgIpc) is 3.72. The summed E-state index contributed by atoms with van der Waals surface area (Å²) in [4.78, 5) is 36.6. The van der Waals surface area contributed by atoms with Crippen LogP contribution in [0.25, 0.3) is 11.2 Å². The van der Waals surface area contributed by atoms with Crippen molar-refractivity contribution in [1.82, 2.24) is 19.5 Å². The first-order valence-corrected chi connectivity index (χ1v) is 16.3. The molecule has 4 atom stereocenters. The number of carbonyl (C=O) groups excluding carboxylic acids is 1. The Kier molecular flexibility index (Phi) is 10.5. The molecule has 5 aromatic rings. The van der Waals surface area contributed by atoms with Gasteiger partial charge in [0.1, 0.15) is 42.0 Å². The second kappa shape index (κ2) is 15.2. The summed E-state index contributed by atoms with van der Waals surface area (Å²) in [7, 11) is 3.20. The zero-order valence-electron chi connectivity index (χ0n) is 28.6. The molecule has 13 heteroatoms. The molecule has 0 bridgehead atoms. The maximum atomic E-state index is 13.0. The number of ether oxygens (including phenoxy) is 5. The van der Waals surface area contributed by atoms with Crippen LogP contribution in [-0.4, -0.2) is 76.3 Å². The van der Waals surface area contributed by atoms with E-state index in [0.717, 1.165) is 16.7 Å². The van der Waals surface area contributed by atoms with Crippen LogP contribution in [0, 0.1) is 18.3 Å². The van der Waals surface area contributed by atoms with Gasteiger partial charge >= 0.3 is 0 Å². The fourth-order valence-electron chi connectivity index (χ4n) is 6.12. The second-order valence-electron chi connectivity index (χ2n) is 12.2. The number of anilines is 1. The van der Waals surface area contributed by atoms with Crippen LogP contribution >= 0.6 is 0 Å². The van der Waals surface area contributed by atoms with Gasteiger partial charge in [-0.3, -0.25) is 24.5 Å². The number of terminal acetylenes is 1. The van der Waals surface area contributed by atoms with Crippen molar-refractivity contribution in [2.24, 2.45) is 5.92 Å². The van der Waals surface area contributed by atoms with Gasteiger partial charge in [0.15, 0.2) is 17.4 Å². The molecule has 2 aromatic heterocycles. The first-order chi connectivity index (χ1) is 24.7. The number of H-pyrrole nitrogens is 1. The van der Waals surface area contributed by atoms with Crippen molar-refractivity contribution in [2.45, 2.75) is 44.0 Å². The third-order valence-corrected chi connectivity index (χ3v) is 8.78. The smallest absolute Gasteiger partial charge is 0.280 e. The number of benzene rings is 3. The Labute approximate surface area is 294 Å². The number of hydrogen-bond acceptors (Lipinski definition) is 10. The number of aromatic amines is 1. The van der Waals surface area contributed by atoms with Crippen LogP contribution < -0.4 is 20.3 Å². The van der Waals surface area contributed by atoms with Gasteiger partial charge < -0.3 is 28.8 Å². The molecule has 1 saturated heterocycles. The van der Waals surface area contributed by atoms with Gasteiger partial charge in [0.2, 0.25) is 11.9 Å². The summed E-state index contributed by atoms with van der Waals surface area (Å²) in [6.07, 6.45) is 2.71. The summed E-state index contributed by atoms with van der Waals surface area (Å²) >= 11 is 0. The zero-order valence-corrected chi connectivity index (χ0v) is 28.6. The van der Waals surface area contributed by atoms with Gasteiger partial charge in [0.05, 0.1) is 27.2 Å². The first kappa shape index (κ1) is 35.3. The number of hydrogen-bond donors (Lipinski definition) is 3. The molecule has 1 aliphatic heterocycles. The maximum absolute atomic E-state index is 13.0. The molecule has 1 fully saturated rings. The van der Waals surface area contributed by atoms with Gasteiger partial charge in [-0.25, -0.2) is 4.98 Å². The van der Waals surface area contributed by atoms with E-state index in [1.807, 2.05) is 78.9 Å². The monoisotopic (exact) mass is 693 g/mol. The van der Waals surface area contributed by atoms with Gasteiger partial charge in [-0.15, -0.1) is 6.42 Å². The zero-order chi connectivity index (χ0) is 36.1. The molecule has 0 unspecified atom stereocenters. The number of aliphatic hydroxyl groups excluding tert-OH is 1. The fraction of sp³-hybridized carbons (Fsp3) is 0.316. The highest BCUT2D eigenvalue weighted by atomic mass is 16.6. The molecule has 1 amide bonds. The lowest BCUT2D eigenvalue weighted by Gasteiger charge is -2.37. The van der Waals surface area contributed by atoms with E-state index in [2.05, 4.69) is 26.2 Å². The largest absolute Gasteiger partial charge is 0.497 e. The highest BCUT2D eigenvalue weighted by molar-refractivity contribution is 5.91. The van der Waals surface area contributed by atoms with E-state index in [1.54, 1.807) is 28.1 Å². The Bertz CT molecular complexity index is 2010. The van der Waals surface area contributed by atoms with E-state index < -0.39 is 35.7 Å². The number of methoxy groups -OCH3 is 2. The van der Waals surface area contributed by atoms with Crippen molar-refractivity contribution < 1.29 is 33.6 Å². The minimum absolute atomic E-state index is 0.00754. The topological polar surface area (TPSA) is 159 Å². The third kappa shape index (κ3) is 6.95. The molecule has 0 saturated carbocycles. The number of rotatable bonds is 13. The lowest BCUT2D eigenvalue weighted by molar-refractivity contribution is -0.118. The minimum atomic E-state index is -1.23. The van der Waals surface area contributed by atoms with Crippen LogP contribution in [0.5, 0.6) is 11.5 Å². The predicted molar refractivity (Wildman–Crippen MR) is 188 cm³/mol. The van der Waals surface area contributed by atoms with Crippen LogP contribution in [0.15, 0.2) is 90.0 Å². The molecule has 0 aliphatic carbocycles. The number of fused-ring (bicyclic) bond motifs is 1. The summed E-state index contributed by atoms with van der Waals surface area (Å²) in [6.45, 7) is 3.19. The molecule has 13 nitrogen and oxygen atoms in total. The summed E-state index contributed by atoms with van der Waals surface area (Å²) in [5.74, 6) is 3.04. The van der Waals surface area contributed by atoms with Crippen molar-refractivity contribution in [3.05, 3.63) is 112 Å². The molecule has 0 radical (unpaired) electrons. The highest BCUT2D eigenvalue weighted by Crippen LogP contribution is 2.43. The minimum Gasteiger partial charge on any atom is -0.497 e. The van der Waals surface area contributed by atoms with Crippen molar-refractivity contribution >= 4 is 23.0 Å². The van der Waals surface area contributed by atoms with Crippen LogP contribution in [0.2, 0.25) is 0 Å². The highest BCUT2D eigenvalue weighted by Gasteiger charge is 2.48. The quantitative estimate of drug-likeness (QED) is 0.122. The van der Waals surface area contributed by atoms with Crippen LogP contribution in [0.1, 0.15) is 36.8 Å². The summed E-state index contributed by atoms with van der Waals surface area (Å²) in [5.41, 5.74) is 0.784. The van der Waals surface area contributed by atoms with Crippen LogP contribution in [-0.2, 0) is 24.6 Å². The lowest BCUT2D eigenvalue weighted by atomic mass is 9.80. The molecule has 264 valence electrons. The van der Waals surface area contributed by atoms with E-state index in [4.69, 9.17) is 30.1 Å². The summed E-state index contributed by atoms with van der Waals surface area (Å²) < 4.78 is 31.8. The Balaban J connectivity index is 1.40. The SMILES string of the molecule is C#CCO[C@@H]1[C@H](O)[C@@H](COC(c2ccccc2)(c2ccc(OC)cc2)c2ccc(OC)cc2)O[C@H]1n1cnc2c(=O)[nH]c(NC(=O)C(C)C)nc21. The van der Waals surface area contributed by atoms with Gasteiger partial charge in [0.25, 0.3) is 5.56 Å². The molecule has 3 N–H and O–H groups in total. The summed E-state index contributed by atoms with van der Waals surface area (Å²) in [6, 6.07) is 24.9. The Morgan fingerprint density at radius 2 is 1.63 bits per heavy atom. The van der Waals surface area contributed by atoms with Crippen molar-refractivity contribution in [2.75, 3.05) is 32.8 Å². The number of amides is 1. The Hall–Kier alpha value is -5.52. The van der Waals surface area contributed by atoms with Crippen molar-refractivity contribution in [3.63, 3.8) is 0 Å². The summed E-state index contributed by atoms with van der Waals surface area (Å²) in [5, 5.41) is 14.4. The predicted octanol–water partition coefficient (Wildman–Crippen LogP) is 4.02. The number of imidazole rings is 1. The van der Waals surface area contributed by atoms with E-state index in [1.165, 1.54) is 10.9 Å². The molecule has 6 rings (SSSR count). The van der Waals surface area contributed by atoms with E-state index >= 15 is 0 Å². The fourth-order valence-corrected chi connectivity index (χ4v) is 6.12. The number of aromatic nitrogens is 4. The Morgan fingerprint density at radius 3 is 2.20 bits per heavy atom. The van der Waals surface area contributed by atoms with Gasteiger partial charge in [-0.1, -0.05) is 74.4 Å². The van der Waals surface area contributed by atoms with E-state index in [-0.39, 0.29) is 42.2 Å².